The van der Waals surface area contributed by atoms with Crippen molar-refractivity contribution in [3.05, 3.63) is 29.8 Å². The lowest BCUT2D eigenvalue weighted by Crippen LogP contribution is -2.22. The van der Waals surface area contributed by atoms with Crippen molar-refractivity contribution in [1.29, 1.82) is 0 Å². The molecule has 0 N–H and O–H groups in total. The highest BCUT2D eigenvalue weighted by molar-refractivity contribution is 5.47. The van der Waals surface area contributed by atoms with Crippen molar-refractivity contribution in [2.45, 2.75) is 13.0 Å². The fraction of sp³-hybridized carbons (Fsp3) is 0.455. The van der Waals surface area contributed by atoms with Crippen LogP contribution in [0.15, 0.2) is 24.3 Å². The van der Waals surface area contributed by atoms with E-state index < -0.39 is 0 Å². The summed E-state index contributed by atoms with van der Waals surface area (Å²) in [7, 11) is 2.11. The van der Waals surface area contributed by atoms with Crippen molar-refractivity contribution < 1.29 is 4.74 Å². The first-order valence-corrected chi connectivity index (χ1v) is 4.65. The molecule has 0 aliphatic carbocycles. The van der Waals surface area contributed by atoms with E-state index in [2.05, 4.69) is 43.1 Å². The zero-order valence-electron chi connectivity index (χ0n) is 8.16. The average Bonchev–Trinajstić information content (AvgIpc) is 2.88. The third-order valence-electron chi connectivity index (χ3n) is 2.32. The van der Waals surface area contributed by atoms with Gasteiger partial charge in [0.15, 0.2) is 0 Å². The Bertz CT molecular complexity index is 294. The molecule has 1 saturated heterocycles. The number of rotatable bonds is 3. The maximum Gasteiger partial charge on any atom is 0.0984 e. The first kappa shape index (κ1) is 8.57. The van der Waals surface area contributed by atoms with Crippen molar-refractivity contribution in [3.63, 3.8) is 0 Å². The summed E-state index contributed by atoms with van der Waals surface area (Å²) in [4.78, 5) is 2.24. The fourth-order valence-corrected chi connectivity index (χ4v) is 1.45. The van der Waals surface area contributed by atoms with Crippen LogP contribution in [0.3, 0.4) is 0 Å². The molecule has 0 bridgehead atoms. The Morgan fingerprint density at radius 1 is 1.54 bits per heavy atom. The van der Waals surface area contributed by atoms with Crippen LogP contribution >= 0.6 is 0 Å². The maximum absolute atomic E-state index is 5.19. The second-order valence-corrected chi connectivity index (χ2v) is 3.67. The molecule has 70 valence electrons. The lowest BCUT2D eigenvalue weighted by atomic mass is 10.2. The van der Waals surface area contributed by atoms with Crippen molar-refractivity contribution in [3.8, 4) is 0 Å². The summed E-state index contributed by atoms with van der Waals surface area (Å²) < 4.78 is 5.19. The summed E-state index contributed by atoms with van der Waals surface area (Å²) in [6.07, 6.45) is 0.463. The van der Waals surface area contributed by atoms with Crippen LogP contribution in [0, 0.1) is 6.92 Å². The van der Waals surface area contributed by atoms with Gasteiger partial charge in [0.1, 0.15) is 0 Å². The van der Waals surface area contributed by atoms with Gasteiger partial charge >= 0.3 is 0 Å². The molecule has 1 atom stereocenters. The van der Waals surface area contributed by atoms with E-state index in [9.17, 15) is 0 Å². The highest BCUT2D eigenvalue weighted by Crippen LogP contribution is 2.18. The molecule has 0 radical (unpaired) electrons. The van der Waals surface area contributed by atoms with Gasteiger partial charge in [-0.2, -0.15) is 0 Å². The van der Waals surface area contributed by atoms with Crippen LogP contribution in [0.2, 0.25) is 0 Å². The number of nitrogens with zero attached hydrogens (tertiary/aromatic N) is 1. The average molecular weight is 177 g/mol. The molecule has 1 heterocycles. The minimum Gasteiger partial charge on any atom is -0.372 e. The SMILES string of the molecule is Cc1cccc(N(C)C[C@H]2CO2)c1. The quantitative estimate of drug-likeness (QED) is 0.655. The highest BCUT2D eigenvalue weighted by atomic mass is 16.6. The molecule has 2 heteroatoms. The topological polar surface area (TPSA) is 15.8 Å². The molecule has 0 unspecified atom stereocenters. The molecule has 1 aromatic rings. The summed E-state index contributed by atoms with van der Waals surface area (Å²) in [5, 5.41) is 0. The molecule has 1 aliphatic heterocycles. The van der Waals surface area contributed by atoms with Gasteiger partial charge in [-0.25, -0.2) is 0 Å². The second-order valence-electron chi connectivity index (χ2n) is 3.67. The number of hydrogen-bond donors (Lipinski definition) is 0. The van der Waals surface area contributed by atoms with Crippen LogP contribution in [-0.2, 0) is 4.74 Å². The molecule has 0 saturated carbocycles. The van der Waals surface area contributed by atoms with Gasteiger partial charge < -0.3 is 9.64 Å². The zero-order valence-corrected chi connectivity index (χ0v) is 8.16. The lowest BCUT2D eigenvalue weighted by Gasteiger charge is -2.18. The van der Waals surface area contributed by atoms with E-state index in [1.165, 1.54) is 11.3 Å². The first-order chi connectivity index (χ1) is 6.25. The van der Waals surface area contributed by atoms with Gasteiger partial charge in [-0.3, -0.25) is 0 Å². The summed E-state index contributed by atoms with van der Waals surface area (Å²) in [5.41, 5.74) is 2.58. The normalized spacial score (nSPS) is 20.0. The monoisotopic (exact) mass is 177 g/mol. The van der Waals surface area contributed by atoms with E-state index in [0.29, 0.717) is 6.10 Å². The Balaban J connectivity index is 2.04. The third kappa shape index (κ3) is 2.22. The number of hydrogen-bond acceptors (Lipinski definition) is 2. The van der Waals surface area contributed by atoms with E-state index in [-0.39, 0.29) is 0 Å². The summed E-state index contributed by atoms with van der Waals surface area (Å²) in [6.45, 7) is 4.05. The van der Waals surface area contributed by atoms with Crippen LogP contribution in [-0.4, -0.2) is 26.3 Å². The Morgan fingerprint density at radius 2 is 2.31 bits per heavy atom. The first-order valence-electron chi connectivity index (χ1n) is 4.65. The van der Waals surface area contributed by atoms with Crippen molar-refractivity contribution in [2.75, 3.05) is 25.1 Å². The van der Waals surface area contributed by atoms with Gasteiger partial charge in [-0.05, 0) is 24.6 Å². The van der Waals surface area contributed by atoms with Gasteiger partial charge in [0.25, 0.3) is 0 Å². The minimum atomic E-state index is 0.463. The molecular weight excluding hydrogens is 162 g/mol. The number of ether oxygens (including phenoxy) is 1. The van der Waals surface area contributed by atoms with Crippen LogP contribution in [0.25, 0.3) is 0 Å². The lowest BCUT2D eigenvalue weighted by molar-refractivity contribution is 0.410. The Morgan fingerprint density at radius 3 is 2.92 bits per heavy atom. The summed E-state index contributed by atoms with van der Waals surface area (Å²) >= 11 is 0. The van der Waals surface area contributed by atoms with E-state index in [1.54, 1.807) is 0 Å². The van der Waals surface area contributed by atoms with Crippen LogP contribution in [0.4, 0.5) is 5.69 Å². The van der Waals surface area contributed by atoms with Crippen LogP contribution in [0.5, 0.6) is 0 Å². The van der Waals surface area contributed by atoms with Crippen molar-refractivity contribution >= 4 is 5.69 Å². The Hall–Kier alpha value is -1.02. The molecule has 2 nitrogen and oxygen atoms in total. The van der Waals surface area contributed by atoms with Gasteiger partial charge in [-0.1, -0.05) is 12.1 Å². The van der Waals surface area contributed by atoms with Crippen molar-refractivity contribution in [1.82, 2.24) is 0 Å². The number of epoxide rings is 1. The van der Waals surface area contributed by atoms with E-state index in [4.69, 9.17) is 4.74 Å². The summed E-state index contributed by atoms with van der Waals surface area (Å²) in [6, 6.07) is 8.54. The smallest absolute Gasteiger partial charge is 0.0984 e. The van der Waals surface area contributed by atoms with Gasteiger partial charge in [0.05, 0.1) is 12.7 Å². The Labute approximate surface area is 79.1 Å². The number of anilines is 1. The maximum atomic E-state index is 5.19. The fourth-order valence-electron chi connectivity index (χ4n) is 1.45. The predicted molar refractivity (Wildman–Crippen MR) is 54.2 cm³/mol. The zero-order chi connectivity index (χ0) is 9.26. The minimum absolute atomic E-state index is 0.463. The molecule has 1 aromatic carbocycles. The van der Waals surface area contributed by atoms with Crippen LogP contribution in [0.1, 0.15) is 5.56 Å². The largest absolute Gasteiger partial charge is 0.372 e. The Kier molecular flexibility index (Phi) is 2.23. The van der Waals surface area contributed by atoms with E-state index in [1.807, 2.05) is 0 Å². The standard InChI is InChI=1S/C11H15NO/c1-9-4-3-5-10(6-9)12(2)7-11-8-13-11/h3-6,11H,7-8H2,1-2H3/t11-/m0/s1. The predicted octanol–water partition coefficient (Wildman–Crippen LogP) is 1.83. The number of benzene rings is 1. The van der Waals surface area contributed by atoms with Crippen molar-refractivity contribution in [2.24, 2.45) is 0 Å². The second kappa shape index (κ2) is 3.38. The van der Waals surface area contributed by atoms with Gasteiger partial charge in [0.2, 0.25) is 0 Å². The number of aryl methyl sites for hydroxylation is 1. The van der Waals surface area contributed by atoms with Gasteiger partial charge in [0, 0.05) is 19.3 Å². The highest BCUT2D eigenvalue weighted by Gasteiger charge is 2.23. The van der Waals surface area contributed by atoms with E-state index >= 15 is 0 Å². The molecule has 2 rings (SSSR count). The molecule has 0 spiro atoms. The van der Waals surface area contributed by atoms with Gasteiger partial charge in [-0.15, -0.1) is 0 Å². The molecule has 0 aromatic heterocycles. The molecule has 0 amide bonds. The third-order valence-corrected chi connectivity index (χ3v) is 2.32. The molecule has 13 heavy (non-hydrogen) atoms. The molecule has 1 aliphatic rings. The molecule has 1 fully saturated rings. The summed E-state index contributed by atoms with van der Waals surface area (Å²) in [5.74, 6) is 0. The van der Waals surface area contributed by atoms with Crippen LogP contribution < -0.4 is 4.90 Å². The molecular formula is C11H15NO. The van der Waals surface area contributed by atoms with E-state index in [0.717, 1.165) is 13.2 Å². The number of likely N-dealkylation sites (N-methyl/N-ethyl adjacent to an activating group) is 1.